The third-order valence-corrected chi connectivity index (χ3v) is 2.35. The third kappa shape index (κ3) is 3.25. The summed E-state index contributed by atoms with van der Waals surface area (Å²) in [5.74, 6) is -0.520. The fraction of sp³-hybridized carbons (Fsp3) is 0.364. The Balaban J connectivity index is 1.90. The highest BCUT2D eigenvalue weighted by Crippen LogP contribution is 2.07. The maximum atomic E-state index is 10.6. The van der Waals surface area contributed by atoms with Gasteiger partial charge in [-0.15, -0.1) is 0 Å². The van der Waals surface area contributed by atoms with Crippen molar-refractivity contribution >= 4 is 11.8 Å². The molecule has 0 saturated carbocycles. The van der Waals surface area contributed by atoms with Crippen LogP contribution >= 0.6 is 0 Å². The van der Waals surface area contributed by atoms with Crippen molar-refractivity contribution in [3.8, 4) is 0 Å². The number of carboxylic acids is 1. The molecule has 1 aliphatic rings. The molecule has 2 N–H and O–H groups in total. The van der Waals surface area contributed by atoms with Gasteiger partial charge in [0.25, 0.3) is 0 Å². The van der Waals surface area contributed by atoms with Crippen molar-refractivity contribution in [3.63, 3.8) is 0 Å². The van der Waals surface area contributed by atoms with Gasteiger partial charge in [0.15, 0.2) is 5.69 Å². The van der Waals surface area contributed by atoms with E-state index in [0.717, 1.165) is 13.0 Å². The van der Waals surface area contributed by atoms with E-state index in [-0.39, 0.29) is 5.69 Å². The summed E-state index contributed by atoms with van der Waals surface area (Å²) < 4.78 is 5.30. The summed E-state index contributed by atoms with van der Waals surface area (Å²) in [6, 6.07) is 0. The van der Waals surface area contributed by atoms with E-state index in [1.54, 1.807) is 0 Å². The Morgan fingerprint density at radius 2 is 2.35 bits per heavy atom. The summed E-state index contributed by atoms with van der Waals surface area (Å²) in [7, 11) is 0. The second kappa shape index (κ2) is 5.40. The standard InChI is InChI=1S/C11H13N3O3/c15-11(16)9-5-14-10(6-12-9)13-4-8-2-1-3-17-7-8/h2,5-6H,1,3-4,7H2,(H,13,14)(H,15,16). The second-order valence-electron chi connectivity index (χ2n) is 3.65. The number of aromatic carboxylic acids is 1. The molecule has 0 spiro atoms. The van der Waals surface area contributed by atoms with Crippen LogP contribution in [0.1, 0.15) is 16.9 Å². The summed E-state index contributed by atoms with van der Waals surface area (Å²) in [6.07, 6.45) is 5.71. The van der Waals surface area contributed by atoms with Gasteiger partial charge >= 0.3 is 5.97 Å². The van der Waals surface area contributed by atoms with Gasteiger partial charge in [0, 0.05) is 6.54 Å². The van der Waals surface area contributed by atoms with Gasteiger partial charge in [-0.05, 0) is 12.0 Å². The monoisotopic (exact) mass is 235 g/mol. The van der Waals surface area contributed by atoms with Crippen molar-refractivity contribution in [1.29, 1.82) is 0 Å². The highest BCUT2D eigenvalue weighted by molar-refractivity contribution is 5.84. The lowest BCUT2D eigenvalue weighted by molar-refractivity contribution is 0.0690. The van der Waals surface area contributed by atoms with Gasteiger partial charge in [0.1, 0.15) is 5.82 Å². The zero-order chi connectivity index (χ0) is 12.1. The van der Waals surface area contributed by atoms with E-state index in [2.05, 4.69) is 21.4 Å². The van der Waals surface area contributed by atoms with Crippen molar-refractivity contribution in [2.24, 2.45) is 0 Å². The predicted octanol–water partition coefficient (Wildman–Crippen LogP) is 0.933. The quantitative estimate of drug-likeness (QED) is 0.755. The van der Waals surface area contributed by atoms with Crippen LogP contribution in [-0.4, -0.2) is 40.8 Å². The smallest absolute Gasteiger partial charge is 0.356 e. The summed E-state index contributed by atoms with van der Waals surface area (Å²) in [5, 5.41) is 11.7. The van der Waals surface area contributed by atoms with Crippen LogP contribution in [0.5, 0.6) is 0 Å². The summed E-state index contributed by atoms with van der Waals surface area (Å²) >= 11 is 0. The van der Waals surface area contributed by atoms with Gasteiger partial charge < -0.3 is 15.2 Å². The van der Waals surface area contributed by atoms with Crippen molar-refractivity contribution < 1.29 is 14.6 Å². The van der Waals surface area contributed by atoms with E-state index in [9.17, 15) is 4.79 Å². The molecule has 6 heteroatoms. The Morgan fingerprint density at radius 1 is 1.47 bits per heavy atom. The first-order chi connectivity index (χ1) is 8.25. The number of hydrogen-bond donors (Lipinski definition) is 2. The van der Waals surface area contributed by atoms with E-state index in [1.807, 2.05) is 0 Å². The van der Waals surface area contributed by atoms with Gasteiger partial charge in [-0.3, -0.25) is 0 Å². The summed E-state index contributed by atoms with van der Waals surface area (Å²) in [6.45, 7) is 2.05. The second-order valence-corrected chi connectivity index (χ2v) is 3.65. The SMILES string of the molecule is O=C(O)c1cnc(NCC2=CCCOC2)cn1. The number of ether oxygens (including phenoxy) is 1. The lowest BCUT2D eigenvalue weighted by Gasteiger charge is -2.14. The number of carbonyl (C=O) groups is 1. The first-order valence-corrected chi connectivity index (χ1v) is 5.30. The molecule has 0 bridgehead atoms. The summed E-state index contributed by atoms with van der Waals surface area (Å²) in [4.78, 5) is 18.3. The molecule has 0 radical (unpaired) electrons. The van der Waals surface area contributed by atoms with Crippen LogP contribution in [0, 0.1) is 0 Å². The average molecular weight is 235 g/mol. The van der Waals surface area contributed by atoms with Crippen molar-refractivity contribution in [3.05, 3.63) is 29.7 Å². The molecule has 1 aromatic rings. The molecular formula is C11H13N3O3. The van der Waals surface area contributed by atoms with Crippen LogP contribution < -0.4 is 5.32 Å². The Labute approximate surface area is 98.3 Å². The lowest BCUT2D eigenvalue weighted by Crippen LogP contribution is -2.15. The normalized spacial score (nSPS) is 15.2. The number of nitrogens with one attached hydrogen (secondary N) is 1. The average Bonchev–Trinajstić information content (AvgIpc) is 2.38. The molecule has 1 aromatic heterocycles. The summed E-state index contributed by atoms with van der Waals surface area (Å²) in [5.41, 5.74) is 1.11. The molecule has 17 heavy (non-hydrogen) atoms. The molecule has 0 fully saturated rings. The minimum absolute atomic E-state index is 0.0595. The number of carboxylic acid groups (broad SMARTS) is 1. The van der Waals surface area contributed by atoms with Crippen LogP contribution in [-0.2, 0) is 4.74 Å². The largest absolute Gasteiger partial charge is 0.476 e. The van der Waals surface area contributed by atoms with E-state index in [1.165, 1.54) is 18.0 Å². The van der Waals surface area contributed by atoms with Crippen LogP contribution in [0.4, 0.5) is 5.82 Å². The van der Waals surface area contributed by atoms with E-state index >= 15 is 0 Å². The van der Waals surface area contributed by atoms with Crippen LogP contribution in [0.2, 0.25) is 0 Å². The molecule has 0 unspecified atom stereocenters. The molecular weight excluding hydrogens is 222 g/mol. The third-order valence-electron chi connectivity index (χ3n) is 2.35. The first kappa shape index (κ1) is 11.5. The fourth-order valence-corrected chi connectivity index (χ4v) is 1.47. The van der Waals surface area contributed by atoms with Gasteiger partial charge in [0.05, 0.1) is 25.6 Å². The maximum absolute atomic E-state index is 10.6. The molecule has 2 rings (SSSR count). The highest BCUT2D eigenvalue weighted by atomic mass is 16.5. The molecule has 0 atom stereocenters. The highest BCUT2D eigenvalue weighted by Gasteiger charge is 2.06. The van der Waals surface area contributed by atoms with E-state index < -0.39 is 5.97 Å². The molecule has 0 saturated heterocycles. The van der Waals surface area contributed by atoms with E-state index in [0.29, 0.717) is 19.0 Å². The van der Waals surface area contributed by atoms with Gasteiger partial charge in [-0.1, -0.05) is 6.08 Å². The zero-order valence-corrected chi connectivity index (χ0v) is 9.22. The molecule has 0 aromatic carbocycles. The first-order valence-electron chi connectivity index (χ1n) is 5.30. The predicted molar refractivity (Wildman–Crippen MR) is 61.0 cm³/mol. The topological polar surface area (TPSA) is 84.3 Å². The van der Waals surface area contributed by atoms with Gasteiger partial charge in [-0.25, -0.2) is 14.8 Å². The minimum atomic E-state index is -1.08. The van der Waals surface area contributed by atoms with Gasteiger partial charge in [0.2, 0.25) is 0 Å². The molecule has 0 aliphatic carbocycles. The lowest BCUT2D eigenvalue weighted by atomic mass is 10.2. The zero-order valence-electron chi connectivity index (χ0n) is 9.22. The molecule has 6 nitrogen and oxygen atoms in total. The number of rotatable bonds is 4. The maximum Gasteiger partial charge on any atom is 0.356 e. The Morgan fingerprint density at radius 3 is 2.94 bits per heavy atom. The van der Waals surface area contributed by atoms with Crippen LogP contribution in [0.25, 0.3) is 0 Å². The number of aromatic nitrogens is 2. The number of hydrogen-bond acceptors (Lipinski definition) is 5. The van der Waals surface area contributed by atoms with Crippen molar-refractivity contribution in [2.45, 2.75) is 6.42 Å². The van der Waals surface area contributed by atoms with Gasteiger partial charge in [-0.2, -0.15) is 0 Å². The minimum Gasteiger partial charge on any atom is -0.476 e. The van der Waals surface area contributed by atoms with Crippen LogP contribution in [0.15, 0.2) is 24.0 Å². The molecule has 0 amide bonds. The fourth-order valence-electron chi connectivity index (χ4n) is 1.47. The number of anilines is 1. The number of nitrogens with zero attached hydrogens (tertiary/aromatic N) is 2. The molecule has 1 aliphatic heterocycles. The van der Waals surface area contributed by atoms with E-state index in [4.69, 9.17) is 9.84 Å². The van der Waals surface area contributed by atoms with Crippen LogP contribution in [0.3, 0.4) is 0 Å². The Hall–Kier alpha value is -1.95. The Kier molecular flexibility index (Phi) is 3.66. The van der Waals surface area contributed by atoms with Crippen molar-refractivity contribution in [1.82, 2.24) is 9.97 Å². The molecule has 2 heterocycles. The molecule has 90 valence electrons. The Bertz CT molecular complexity index is 428. The van der Waals surface area contributed by atoms with Crippen molar-refractivity contribution in [2.75, 3.05) is 25.1 Å².